The van der Waals surface area contributed by atoms with Crippen LogP contribution in [-0.4, -0.2) is 29.0 Å². The monoisotopic (exact) mass is 238 g/mol. The number of H-pyrrole nitrogens is 1. The van der Waals surface area contributed by atoms with Gasteiger partial charge in [0, 0.05) is 14.1 Å². The van der Waals surface area contributed by atoms with E-state index in [1.165, 1.54) is 0 Å². The summed E-state index contributed by atoms with van der Waals surface area (Å²) in [7, 11) is 3.73. The van der Waals surface area contributed by atoms with Crippen molar-refractivity contribution in [3.8, 4) is 0 Å². The molecule has 5 nitrogen and oxygen atoms in total. The molecule has 1 N–H and O–H groups in total. The molecular weight excluding hydrogens is 228 g/mol. The average Bonchev–Trinajstić information content (AvgIpc) is 2.28. The van der Waals surface area contributed by atoms with Crippen LogP contribution in [0.1, 0.15) is 5.82 Å². The highest BCUT2D eigenvalue weighted by atomic mass is 35.5. The van der Waals surface area contributed by atoms with E-state index < -0.39 is 0 Å². The van der Waals surface area contributed by atoms with Gasteiger partial charge in [0.15, 0.2) is 0 Å². The molecule has 0 bridgehead atoms. The maximum absolute atomic E-state index is 11.7. The van der Waals surface area contributed by atoms with Crippen LogP contribution in [0.4, 0.5) is 5.82 Å². The predicted octanol–water partition coefficient (Wildman–Crippen LogP) is 1.12. The first kappa shape index (κ1) is 10.9. The molecule has 2 heterocycles. The van der Waals surface area contributed by atoms with Gasteiger partial charge in [0.2, 0.25) is 0 Å². The van der Waals surface area contributed by atoms with Crippen LogP contribution >= 0.6 is 11.6 Å². The minimum absolute atomic E-state index is 0.181. The molecule has 2 aromatic heterocycles. The van der Waals surface area contributed by atoms with E-state index in [1.54, 1.807) is 12.3 Å². The summed E-state index contributed by atoms with van der Waals surface area (Å²) in [5.41, 5.74) is 0.371. The molecule has 6 heteroatoms. The van der Waals surface area contributed by atoms with E-state index in [9.17, 15) is 4.79 Å². The second kappa shape index (κ2) is 4.09. The quantitative estimate of drug-likeness (QED) is 0.797. The van der Waals surface area contributed by atoms with Gasteiger partial charge in [-0.05, 0) is 6.07 Å². The van der Waals surface area contributed by atoms with E-state index in [0.717, 1.165) is 5.82 Å². The SMILES string of the molecule is CN(C)c1cc2c(=O)[nH]c(CCl)nc2cn1. The number of aromatic nitrogens is 3. The minimum Gasteiger partial charge on any atom is -0.363 e. The van der Waals surface area contributed by atoms with E-state index in [-0.39, 0.29) is 11.4 Å². The van der Waals surface area contributed by atoms with E-state index in [1.807, 2.05) is 19.0 Å². The summed E-state index contributed by atoms with van der Waals surface area (Å²) in [6.07, 6.45) is 1.58. The van der Waals surface area contributed by atoms with Crippen molar-refractivity contribution in [2.45, 2.75) is 5.88 Å². The summed E-state index contributed by atoms with van der Waals surface area (Å²) in [5, 5.41) is 0.521. The van der Waals surface area contributed by atoms with Crippen LogP contribution in [0.2, 0.25) is 0 Å². The number of halogens is 1. The van der Waals surface area contributed by atoms with Gasteiger partial charge in [-0.1, -0.05) is 0 Å². The Balaban J connectivity index is 2.71. The number of nitrogens with zero attached hydrogens (tertiary/aromatic N) is 3. The van der Waals surface area contributed by atoms with Crippen LogP contribution < -0.4 is 10.5 Å². The summed E-state index contributed by atoms with van der Waals surface area (Å²) in [4.78, 5) is 24.6. The zero-order chi connectivity index (χ0) is 11.7. The van der Waals surface area contributed by atoms with Crippen molar-refractivity contribution in [1.29, 1.82) is 0 Å². The highest BCUT2D eigenvalue weighted by Gasteiger charge is 2.06. The molecule has 16 heavy (non-hydrogen) atoms. The molecule has 0 spiro atoms. The number of rotatable bonds is 2. The molecular formula is C10H11ClN4O. The molecule has 2 rings (SSSR count). The zero-order valence-corrected chi connectivity index (χ0v) is 9.75. The van der Waals surface area contributed by atoms with Crippen molar-refractivity contribution in [1.82, 2.24) is 15.0 Å². The van der Waals surface area contributed by atoms with Crippen LogP contribution in [0.3, 0.4) is 0 Å². The van der Waals surface area contributed by atoms with E-state index in [2.05, 4.69) is 15.0 Å². The van der Waals surface area contributed by atoms with E-state index >= 15 is 0 Å². The van der Waals surface area contributed by atoms with Gasteiger partial charge in [-0.15, -0.1) is 11.6 Å². The molecule has 84 valence electrons. The van der Waals surface area contributed by atoms with Gasteiger partial charge in [-0.2, -0.15) is 0 Å². The Hall–Kier alpha value is -1.62. The number of alkyl halides is 1. The number of nitrogens with one attached hydrogen (secondary N) is 1. The molecule has 2 aromatic rings. The lowest BCUT2D eigenvalue weighted by molar-refractivity contribution is 1.02. The summed E-state index contributed by atoms with van der Waals surface area (Å²) < 4.78 is 0. The third-order valence-corrected chi connectivity index (χ3v) is 2.46. The smallest absolute Gasteiger partial charge is 0.258 e. The Kier molecular flexibility index (Phi) is 2.78. The van der Waals surface area contributed by atoms with Crippen LogP contribution in [0.25, 0.3) is 10.9 Å². The molecule has 0 saturated carbocycles. The van der Waals surface area contributed by atoms with Gasteiger partial charge in [-0.3, -0.25) is 4.79 Å². The first-order chi connectivity index (χ1) is 7.61. The second-order valence-electron chi connectivity index (χ2n) is 3.60. The Bertz CT molecular complexity index is 579. The molecule has 0 aliphatic carbocycles. The fourth-order valence-corrected chi connectivity index (χ4v) is 1.51. The highest BCUT2D eigenvalue weighted by molar-refractivity contribution is 6.16. The molecule has 0 aliphatic rings. The van der Waals surface area contributed by atoms with Crippen molar-refractivity contribution in [2.24, 2.45) is 0 Å². The number of hydrogen-bond acceptors (Lipinski definition) is 4. The molecule has 0 aliphatic heterocycles. The fraction of sp³-hybridized carbons (Fsp3) is 0.300. The summed E-state index contributed by atoms with van der Waals surface area (Å²) in [6, 6.07) is 1.71. The standard InChI is InChI=1S/C10H11ClN4O/c1-15(2)9-3-6-7(5-12-9)13-8(4-11)14-10(6)16/h3,5H,4H2,1-2H3,(H,13,14,16). The first-order valence-electron chi connectivity index (χ1n) is 4.74. The lowest BCUT2D eigenvalue weighted by Crippen LogP contribution is -2.14. The van der Waals surface area contributed by atoms with E-state index in [0.29, 0.717) is 16.7 Å². The zero-order valence-electron chi connectivity index (χ0n) is 8.99. The highest BCUT2D eigenvalue weighted by Crippen LogP contribution is 2.13. The van der Waals surface area contributed by atoms with Crippen LogP contribution in [0.5, 0.6) is 0 Å². The Labute approximate surface area is 97.1 Å². The predicted molar refractivity (Wildman–Crippen MR) is 64.0 cm³/mol. The van der Waals surface area contributed by atoms with Crippen molar-refractivity contribution in [3.63, 3.8) is 0 Å². The fourth-order valence-electron chi connectivity index (χ4n) is 1.39. The maximum Gasteiger partial charge on any atom is 0.258 e. The summed E-state index contributed by atoms with van der Waals surface area (Å²) >= 11 is 5.62. The molecule has 0 saturated heterocycles. The number of pyridine rings is 1. The van der Waals surface area contributed by atoms with Gasteiger partial charge in [0.05, 0.1) is 23.0 Å². The lowest BCUT2D eigenvalue weighted by Gasteiger charge is -2.11. The van der Waals surface area contributed by atoms with Crippen molar-refractivity contribution in [2.75, 3.05) is 19.0 Å². The normalized spacial score (nSPS) is 10.7. The van der Waals surface area contributed by atoms with E-state index in [4.69, 9.17) is 11.6 Å². The molecule has 0 atom stereocenters. The largest absolute Gasteiger partial charge is 0.363 e. The van der Waals surface area contributed by atoms with Gasteiger partial charge < -0.3 is 9.88 Å². The maximum atomic E-state index is 11.7. The molecule has 0 aromatic carbocycles. The minimum atomic E-state index is -0.189. The first-order valence-corrected chi connectivity index (χ1v) is 5.27. The van der Waals surface area contributed by atoms with Crippen molar-refractivity contribution in [3.05, 3.63) is 28.4 Å². The molecule has 0 unspecified atom stereocenters. The van der Waals surface area contributed by atoms with Crippen LogP contribution in [0.15, 0.2) is 17.1 Å². The third kappa shape index (κ3) is 1.86. The van der Waals surface area contributed by atoms with Gasteiger partial charge in [0.1, 0.15) is 11.6 Å². The van der Waals surface area contributed by atoms with Crippen LogP contribution in [-0.2, 0) is 5.88 Å². The van der Waals surface area contributed by atoms with Crippen molar-refractivity contribution >= 4 is 28.3 Å². The van der Waals surface area contributed by atoms with Gasteiger partial charge in [-0.25, -0.2) is 9.97 Å². The van der Waals surface area contributed by atoms with Gasteiger partial charge >= 0.3 is 0 Å². The number of hydrogen-bond donors (Lipinski definition) is 1. The Morgan fingerprint density at radius 2 is 2.25 bits per heavy atom. The number of aromatic amines is 1. The lowest BCUT2D eigenvalue weighted by atomic mass is 10.3. The summed E-state index contributed by atoms with van der Waals surface area (Å²) in [6.45, 7) is 0. The molecule has 0 amide bonds. The number of anilines is 1. The third-order valence-electron chi connectivity index (χ3n) is 2.21. The molecule has 0 radical (unpaired) electrons. The average molecular weight is 239 g/mol. The Morgan fingerprint density at radius 1 is 1.50 bits per heavy atom. The van der Waals surface area contributed by atoms with Crippen molar-refractivity contribution < 1.29 is 0 Å². The Morgan fingerprint density at radius 3 is 2.88 bits per heavy atom. The number of fused-ring (bicyclic) bond motifs is 1. The summed E-state index contributed by atoms with van der Waals surface area (Å²) in [5.74, 6) is 1.36. The van der Waals surface area contributed by atoms with Crippen LogP contribution in [0, 0.1) is 0 Å². The topological polar surface area (TPSA) is 61.9 Å². The molecule has 0 fully saturated rings. The second-order valence-corrected chi connectivity index (χ2v) is 3.87. The van der Waals surface area contributed by atoms with Gasteiger partial charge in [0.25, 0.3) is 5.56 Å².